The Kier molecular flexibility index (Phi) is 4.07. The molecule has 1 saturated carbocycles. The van der Waals surface area contributed by atoms with Gasteiger partial charge >= 0.3 is 0 Å². The summed E-state index contributed by atoms with van der Waals surface area (Å²) in [6.07, 6.45) is 6.96. The van der Waals surface area contributed by atoms with Crippen molar-refractivity contribution in [2.45, 2.75) is 44.2 Å². The number of rotatable bonds is 4. The van der Waals surface area contributed by atoms with Gasteiger partial charge in [0.1, 0.15) is 11.0 Å². The van der Waals surface area contributed by atoms with Gasteiger partial charge in [-0.05, 0) is 12.8 Å². The van der Waals surface area contributed by atoms with Gasteiger partial charge in [-0.2, -0.15) is 0 Å². The summed E-state index contributed by atoms with van der Waals surface area (Å²) in [5, 5.41) is 14.2. The summed E-state index contributed by atoms with van der Waals surface area (Å²) in [4.78, 5) is 4.21. The maximum Gasteiger partial charge on any atom is 0.128 e. The van der Waals surface area contributed by atoms with Crippen molar-refractivity contribution >= 4 is 11.6 Å². The zero-order chi connectivity index (χ0) is 12.3. The predicted molar refractivity (Wildman–Crippen MR) is 68.0 cm³/mol. The molecule has 17 heavy (non-hydrogen) atoms. The summed E-state index contributed by atoms with van der Waals surface area (Å²) in [6.45, 7) is 1.28. The van der Waals surface area contributed by atoms with Crippen molar-refractivity contribution in [1.82, 2.24) is 14.9 Å². The topological polar surface area (TPSA) is 50.1 Å². The highest BCUT2D eigenvalue weighted by Crippen LogP contribution is 2.27. The molecule has 4 nitrogen and oxygen atoms in total. The monoisotopic (exact) mass is 257 g/mol. The minimum Gasteiger partial charge on any atom is -0.389 e. The fourth-order valence-electron chi connectivity index (χ4n) is 2.38. The van der Waals surface area contributed by atoms with E-state index in [0.29, 0.717) is 18.2 Å². The molecule has 2 rings (SSSR count). The van der Waals surface area contributed by atoms with Crippen LogP contribution < -0.4 is 5.32 Å². The first-order valence-corrected chi connectivity index (χ1v) is 6.58. The Bertz CT molecular complexity index is 372. The summed E-state index contributed by atoms with van der Waals surface area (Å²) in [6, 6.07) is 0. The van der Waals surface area contributed by atoms with Crippen LogP contribution in [-0.4, -0.2) is 26.8 Å². The molecule has 1 fully saturated rings. The quantitative estimate of drug-likeness (QED) is 0.866. The molecule has 5 heteroatoms. The molecule has 0 saturated heterocycles. The van der Waals surface area contributed by atoms with Crippen LogP contribution in [0.15, 0.2) is 6.20 Å². The maximum atomic E-state index is 10.3. The van der Waals surface area contributed by atoms with E-state index in [1.807, 2.05) is 11.6 Å². The first kappa shape index (κ1) is 12.9. The van der Waals surface area contributed by atoms with Crippen LogP contribution in [0, 0.1) is 0 Å². The molecular formula is C12H20ClN3O. The van der Waals surface area contributed by atoms with Gasteiger partial charge in [0, 0.05) is 13.6 Å². The van der Waals surface area contributed by atoms with Crippen LogP contribution in [0.1, 0.15) is 37.9 Å². The van der Waals surface area contributed by atoms with Crippen molar-refractivity contribution in [1.29, 1.82) is 0 Å². The number of nitrogens with zero attached hydrogens (tertiary/aromatic N) is 2. The third kappa shape index (κ3) is 3.21. The second-order valence-electron chi connectivity index (χ2n) is 4.94. The predicted octanol–water partition coefficient (Wildman–Crippen LogP) is 1.86. The third-order valence-corrected chi connectivity index (χ3v) is 3.90. The number of hydrogen-bond acceptors (Lipinski definition) is 3. The van der Waals surface area contributed by atoms with Gasteiger partial charge in [-0.25, -0.2) is 4.98 Å². The lowest BCUT2D eigenvalue weighted by Gasteiger charge is -2.32. The lowest BCUT2D eigenvalue weighted by molar-refractivity contribution is 0.00452. The molecule has 96 valence electrons. The smallest absolute Gasteiger partial charge is 0.128 e. The molecule has 0 radical (unpaired) electrons. The molecule has 1 heterocycles. The molecule has 2 N–H and O–H groups in total. The Balaban J connectivity index is 1.81. The lowest BCUT2D eigenvalue weighted by atomic mass is 9.85. The Morgan fingerprint density at radius 3 is 2.76 bits per heavy atom. The number of hydrogen-bond donors (Lipinski definition) is 2. The highest BCUT2D eigenvalue weighted by molar-refractivity contribution is 6.29. The van der Waals surface area contributed by atoms with Crippen LogP contribution in [0.2, 0.25) is 5.15 Å². The van der Waals surface area contributed by atoms with E-state index in [-0.39, 0.29) is 0 Å². The number of aliphatic hydroxyl groups is 1. The van der Waals surface area contributed by atoms with E-state index in [1.54, 1.807) is 6.20 Å². The number of halogens is 1. The number of aromatic nitrogens is 2. The minimum atomic E-state index is -0.521. The van der Waals surface area contributed by atoms with Crippen molar-refractivity contribution in [2.75, 3.05) is 6.54 Å². The first-order chi connectivity index (χ1) is 8.11. The highest BCUT2D eigenvalue weighted by atomic mass is 35.5. The standard InChI is InChI=1S/C12H20ClN3O/c1-16-10(13)7-15-11(16)8-14-9-12(17)5-3-2-4-6-12/h7,14,17H,2-6,8-9H2,1H3. The first-order valence-electron chi connectivity index (χ1n) is 6.20. The molecule has 0 unspecified atom stereocenters. The normalized spacial score (nSPS) is 19.5. The number of imidazole rings is 1. The molecule has 1 aromatic heterocycles. The van der Waals surface area contributed by atoms with Gasteiger partial charge in [0.15, 0.2) is 0 Å². The summed E-state index contributed by atoms with van der Waals surface area (Å²) < 4.78 is 1.85. The van der Waals surface area contributed by atoms with Crippen LogP contribution in [0.25, 0.3) is 0 Å². The van der Waals surface area contributed by atoms with Crippen molar-refractivity contribution in [3.05, 3.63) is 17.2 Å². The molecule has 1 aliphatic carbocycles. The van der Waals surface area contributed by atoms with E-state index in [2.05, 4.69) is 10.3 Å². The SMILES string of the molecule is Cn1c(Cl)cnc1CNCC1(O)CCCCC1. The van der Waals surface area contributed by atoms with E-state index in [9.17, 15) is 5.11 Å². The molecule has 0 spiro atoms. The second-order valence-corrected chi connectivity index (χ2v) is 5.33. The van der Waals surface area contributed by atoms with Gasteiger partial charge in [-0.1, -0.05) is 30.9 Å². The summed E-state index contributed by atoms with van der Waals surface area (Å²) in [5.74, 6) is 0.898. The van der Waals surface area contributed by atoms with Crippen molar-refractivity contribution in [3.8, 4) is 0 Å². The number of nitrogens with one attached hydrogen (secondary N) is 1. The van der Waals surface area contributed by atoms with E-state index in [1.165, 1.54) is 6.42 Å². The van der Waals surface area contributed by atoms with E-state index >= 15 is 0 Å². The Morgan fingerprint density at radius 1 is 1.47 bits per heavy atom. The van der Waals surface area contributed by atoms with Gasteiger partial charge in [-0.15, -0.1) is 0 Å². The van der Waals surface area contributed by atoms with Gasteiger partial charge in [0.05, 0.1) is 18.3 Å². The van der Waals surface area contributed by atoms with Crippen LogP contribution in [0.3, 0.4) is 0 Å². The van der Waals surface area contributed by atoms with Crippen molar-refractivity contribution < 1.29 is 5.11 Å². The zero-order valence-corrected chi connectivity index (χ0v) is 11.0. The van der Waals surface area contributed by atoms with Crippen LogP contribution in [0.4, 0.5) is 0 Å². The van der Waals surface area contributed by atoms with Crippen molar-refractivity contribution in [3.63, 3.8) is 0 Å². The average Bonchev–Trinajstić information content (AvgIpc) is 2.62. The van der Waals surface area contributed by atoms with E-state index in [0.717, 1.165) is 31.5 Å². The second kappa shape index (κ2) is 5.38. The summed E-state index contributed by atoms with van der Waals surface area (Å²) in [7, 11) is 1.89. The van der Waals surface area contributed by atoms with E-state index in [4.69, 9.17) is 11.6 Å². The van der Waals surface area contributed by atoms with Gasteiger partial charge in [-0.3, -0.25) is 0 Å². The van der Waals surface area contributed by atoms with Crippen LogP contribution in [-0.2, 0) is 13.6 Å². The highest BCUT2D eigenvalue weighted by Gasteiger charge is 2.28. The molecule has 0 amide bonds. The lowest BCUT2D eigenvalue weighted by Crippen LogP contribution is -2.42. The van der Waals surface area contributed by atoms with Gasteiger partial charge < -0.3 is 15.0 Å². The molecule has 1 aromatic rings. The Labute approximate surface area is 107 Å². The van der Waals surface area contributed by atoms with Crippen LogP contribution >= 0.6 is 11.6 Å². The van der Waals surface area contributed by atoms with Crippen molar-refractivity contribution in [2.24, 2.45) is 7.05 Å². The van der Waals surface area contributed by atoms with E-state index < -0.39 is 5.60 Å². The van der Waals surface area contributed by atoms with Gasteiger partial charge in [0.2, 0.25) is 0 Å². The fraction of sp³-hybridized carbons (Fsp3) is 0.750. The fourth-order valence-corrected chi connectivity index (χ4v) is 2.53. The average molecular weight is 258 g/mol. The minimum absolute atomic E-state index is 0.521. The summed E-state index contributed by atoms with van der Waals surface area (Å²) >= 11 is 5.91. The largest absolute Gasteiger partial charge is 0.389 e. The maximum absolute atomic E-state index is 10.3. The Morgan fingerprint density at radius 2 is 2.18 bits per heavy atom. The molecule has 0 bridgehead atoms. The molecular weight excluding hydrogens is 238 g/mol. The molecule has 0 aromatic carbocycles. The molecule has 0 atom stereocenters. The van der Waals surface area contributed by atoms with Crippen LogP contribution in [0.5, 0.6) is 0 Å². The van der Waals surface area contributed by atoms with Gasteiger partial charge in [0.25, 0.3) is 0 Å². The summed E-state index contributed by atoms with van der Waals surface area (Å²) in [5.41, 5.74) is -0.521. The third-order valence-electron chi connectivity index (χ3n) is 3.55. The zero-order valence-electron chi connectivity index (χ0n) is 10.2. The molecule has 0 aliphatic heterocycles. The Hall–Kier alpha value is -0.580. The molecule has 1 aliphatic rings.